The van der Waals surface area contributed by atoms with E-state index in [2.05, 4.69) is 20.8 Å². The van der Waals surface area contributed by atoms with E-state index in [0.29, 0.717) is 10.9 Å². The summed E-state index contributed by atoms with van der Waals surface area (Å²) in [4.78, 5) is 15.6. The van der Waals surface area contributed by atoms with E-state index in [1.54, 1.807) is 24.4 Å². The first kappa shape index (κ1) is 18.4. The number of hydrogen-bond acceptors (Lipinski definition) is 7. The summed E-state index contributed by atoms with van der Waals surface area (Å²) in [5.74, 6) is 0.363. The van der Waals surface area contributed by atoms with Gasteiger partial charge in [0.1, 0.15) is 0 Å². The van der Waals surface area contributed by atoms with Gasteiger partial charge in [0.05, 0.1) is 19.0 Å². The number of anilines is 2. The number of ether oxygens (including phenoxy) is 1. The van der Waals surface area contributed by atoms with Gasteiger partial charge < -0.3 is 15.2 Å². The molecule has 3 aromatic rings. The quantitative estimate of drug-likeness (QED) is 0.443. The van der Waals surface area contributed by atoms with Gasteiger partial charge in [-0.1, -0.05) is 12.1 Å². The lowest BCUT2D eigenvalue weighted by Gasteiger charge is -2.03. The number of nitrogens with one attached hydrogen (secondary N) is 2. The summed E-state index contributed by atoms with van der Waals surface area (Å²) in [5, 5.41) is 19.1. The van der Waals surface area contributed by atoms with E-state index < -0.39 is 0 Å². The fourth-order valence-electron chi connectivity index (χ4n) is 2.32. The van der Waals surface area contributed by atoms with Crippen LogP contribution in [-0.4, -0.2) is 29.3 Å². The van der Waals surface area contributed by atoms with Crippen LogP contribution in [0.1, 0.15) is 12.5 Å². The molecule has 0 atom stereocenters. The van der Waals surface area contributed by atoms with E-state index in [0.717, 1.165) is 22.5 Å². The van der Waals surface area contributed by atoms with Crippen LogP contribution in [0.3, 0.4) is 0 Å². The number of aromatic hydroxyl groups is 1. The number of carbonyl (C=O) groups is 1. The van der Waals surface area contributed by atoms with Crippen molar-refractivity contribution in [1.82, 2.24) is 4.98 Å². The van der Waals surface area contributed by atoms with Crippen LogP contribution in [0.4, 0.5) is 10.8 Å². The zero-order valence-electron chi connectivity index (χ0n) is 14.8. The minimum absolute atomic E-state index is 0.0803. The van der Waals surface area contributed by atoms with Gasteiger partial charge in [0, 0.05) is 23.6 Å². The Hall–Kier alpha value is -3.39. The highest BCUT2D eigenvalue weighted by Crippen LogP contribution is 2.27. The summed E-state index contributed by atoms with van der Waals surface area (Å²) in [5.41, 5.74) is 6.18. The summed E-state index contributed by atoms with van der Waals surface area (Å²) in [6.07, 6.45) is 1.62. The maximum atomic E-state index is 11.1. The summed E-state index contributed by atoms with van der Waals surface area (Å²) in [6.45, 7) is 1.47. The second-order valence-corrected chi connectivity index (χ2v) is 6.46. The van der Waals surface area contributed by atoms with Crippen molar-refractivity contribution in [2.75, 3.05) is 17.9 Å². The lowest BCUT2D eigenvalue weighted by atomic mass is 10.1. The average Bonchev–Trinajstić information content (AvgIpc) is 3.12. The third-order valence-corrected chi connectivity index (χ3v) is 4.33. The maximum Gasteiger partial charge on any atom is 0.221 e. The highest BCUT2D eigenvalue weighted by atomic mass is 32.1. The van der Waals surface area contributed by atoms with E-state index >= 15 is 0 Å². The average molecular weight is 382 g/mol. The maximum absolute atomic E-state index is 11.1. The number of hydrogen-bond donors (Lipinski definition) is 3. The van der Waals surface area contributed by atoms with Crippen LogP contribution in [0.5, 0.6) is 11.5 Å². The minimum Gasteiger partial charge on any atom is -0.504 e. The number of amides is 1. The molecule has 27 heavy (non-hydrogen) atoms. The summed E-state index contributed by atoms with van der Waals surface area (Å²) in [7, 11) is 1.49. The zero-order valence-corrected chi connectivity index (χ0v) is 15.6. The number of phenolic OH excluding ortho intramolecular Hbond substituents is 1. The van der Waals surface area contributed by atoms with Crippen molar-refractivity contribution < 1.29 is 14.6 Å². The second-order valence-electron chi connectivity index (χ2n) is 5.60. The third-order valence-electron chi connectivity index (χ3n) is 3.58. The zero-order chi connectivity index (χ0) is 19.2. The molecule has 0 saturated carbocycles. The Balaban J connectivity index is 1.65. The predicted octanol–water partition coefficient (Wildman–Crippen LogP) is 3.93. The van der Waals surface area contributed by atoms with Crippen molar-refractivity contribution in [1.29, 1.82) is 0 Å². The lowest BCUT2D eigenvalue weighted by molar-refractivity contribution is -0.114. The minimum atomic E-state index is -0.105. The van der Waals surface area contributed by atoms with Crippen molar-refractivity contribution in [2.24, 2.45) is 5.10 Å². The first-order valence-corrected chi connectivity index (χ1v) is 8.93. The Kier molecular flexibility index (Phi) is 5.68. The Labute approximate surface area is 160 Å². The number of thiazole rings is 1. The van der Waals surface area contributed by atoms with Crippen molar-refractivity contribution in [3.63, 3.8) is 0 Å². The molecule has 7 nitrogen and oxygen atoms in total. The van der Waals surface area contributed by atoms with Crippen LogP contribution in [0.2, 0.25) is 0 Å². The number of phenols is 1. The first-order chi connectivity index (χ1) is 13.0. The fraction of sp³-hybridized carbons (Fsp3) is 0.105. The molecule has 0 fully saturated rings. The van der Waals surface area contributed by atoms with Gasteiger partial charge in [0.15, 0.2) is 11.5 Å². The van der Waals surface area contributed by atoms with Gasteiger partial charge in [0.2, 0.25) is 11.0 Å². The molecule has 0 aliphatic rings. The standard InChI is InChI=1S/C19H18N4O3S/c1-12(24)21-15-6-4-14(5-7-15)16-11-27-19(22-16)23-20-10-13-3-8-17(25)18(9-13)26-2/h3-11,25H,1-2H3,(H,21,24)(H,22,23)/b20-10-. The molecule has 3 rings (SSSR count). The molecular weight excluding hydrogens is 364 g/mol. The third kappa shape index (κ3) is 4.83. The molecule has 0 radical (unpaired) electrons. The molecule has 0 unspecified atom stereocenters. The van der Waals surface area contributed by atoms with Gasteiger partial charge in [-0.3, -0.25) is 10.2 Å². The van der Waals surface area contributed by atoms with E-state index in [-0.39, 0.29) is 11.7 Å². The number of hydrazone groups is 1. The number of rotatable bonds is 6. The lowest BCUT2D eigenvalue weighted by Crippen LogP contribution is -2.05. The van der Waals surface area contributed by atoms with E-state index in [9.17, 15) is 9.90 Å². The Morgan fingerprint density at radius 1 is 1.26 bits per heavy atom. The van der Waals surface area contributed by atoms with Crippen molar-refractivity contribution in [3.05, 3.63) is 53.4 Å². The van der Waals surface area contributed by atoms with Gasteiger partial charge >= 0.3 is 0 Å². The molecule has 0 bridgehead atoms. The smallest absolute Gasteiger partial charge is 0.221 e. The van der Waals surface area contributed by atoms with Crippen LogP contribution in [0.25, 0.3) is 11.3 Å². The van der Waals surface area contributed by atoms with E-state index in [4.69, 9.17) is 4.74 Å². The number of carbonyl (C=O) groups excluding carboxylic acids is 1. The summed E-state index contributed by atoms with van der Waals surface area (Å²) >= 11 is 1.43. The molecule has 2 aromatic carbocycles. The monoisotopic (exact) mass is 382 g/mol. The molecule has 8 heteroatoms. The van der Waals surface area contributed by atoms with Gasteiger partial charge in [0.25, 0.3) is 0 Å². The molecule has 1 amide bonds. The molecule has 1 heterocycles. The molecular formula is C19H18N4O3S. The van der Waals surface area contributed by atoms with Crippen LogP contribution >= 0.6 is 11.3 Å². The van der Waals surface area contributed by atoms with Crippen LogP contribution in [-0.2, 0) is 4.79 Å². The van der Waals surface area contributed by atoms with Crippen LogP contribution in [0, 0.1) is 0 Å². The van der Waals surface area contributed by atoms with Gasteiger partial charge in [-0.15, -0.1) is 11.3 Å². The molecule has 3 N–H and O–H groups in total. The van der Waals surface area contributed by atoms with Crippen molar-refractivity contribution in [2.45, 2.75) is 6.92 Å². The SMILES string of the molecule is COc1cc(/C=N\Nc2nc(-c3ccc(NC(C)=O)cc3)cs2)ccc1O. The van der Waals surface area contributed by atoms with E-state index in [1.165, 1.54) is 25.4 Å². The molecule has 0 aliphatic carbocycles. The van der Waals surface area contributed by atoms with E-state index in [1.807, 2.05) is 29.6 Å². The summed E-state index contributed by atoms with van der Waals surface area (Å²) in [6, 6.07) is 12.4. The van der Waals surface area contributed by atoms with Crippen LogP contribution < -0.4 is 15.5 Å². The van der Waals surface area contributed by atoms with Gasteiger partial charge in [-0.2, -0.15) is 5.10 Å². The molecule has 1 aromatic heterocycles. The van der Waals surface area contributed by atoms with Gasteiger partial charge in [-0.05, 0) is 35.9 Å². The highest BCUT2D eigenvalue weighted by molar-refractivity contribution is 7.14. The Bertz CT molecular complexity index is 967. The van der Waals surface area contributed by atoms with Crippen molar-refractivity contribution >= 4 is 34.3 Å². The number of aromatic nitrogens is 1. The second kappa shape index (κ2) is 8.33. The normalized spacial score (nSPS) is 10.7. The Morgan fingerprint density at radius 2 is 2.04 bits per heavy atom. The number of nitrogens with zero attached hydrogens (tertiary/aromatic N) is 2. The predicted molar refractivity (Wildman–Crippen MR) is 108 cm³/mol. The number of methoxy groups -OCH3 is 1. The largest absolute Gasteiger partial charge is 0.504 e. The highest BCUT2D eigenvalue weighted by Gasteiger charge is 2.05. The topological polar surface area (TPSA) is 95.8 Å². The number of benzene rings is 2. The van der Waals surface area contributed by atoms with Crippen molar-refractivity contribution in [3.8, 4) is 22.8 Å². The summed E-state index contributed by atoms with van der Waals surface area (Å²) < 4.78 is 5.07. The molecule has 0 aliphatic heterocycles. The first-order valence-electron chi connectivity index (χ1n) is 8.05. The van der Waals surface area contributed by atoms with Gasteiger partial charge in [-0.25, -0.2) is 4.98 Å². The molecule has 0 saturated heterocycles. The molecule has 138 valence electrons. The molecule has 0 spiro atoms. The van der Waals surface area contributed by atoms with Crippen LogP contribution in [0.15, 0.2) is 52.9 Å². The Morgan fingerprint density at radius 3 is 2.74 bits per heavy atom. The fourth-order valence-corrected chi connectivity index (χ4v) is 2.99.